The van der Waals surface area contributed by atoms with Crippen LogP contribution < -0.4 is 0 Å². The summed E-state index contributed by atoms with van der Waals surface area (Å²) in [6, 6.07) is 0. The Bertz CT molecular complexity index is 157. The van der Waals surface area contributed by atoms with E-state index < -0.39 is 0 Å². The maximum absolute atomic E-state index is 10.4. The predicted molar refractivity (Wildman–Crippen MR) is 45.5 cm³/mol. The molecule has 0 aromatic rings. The van der Waals surface area contributed by atoms with Gasteiger partial charge in [0.1, 0.15) is 0 Å². The Balaban J connectivity index is 3.20. The summed E-state index contributed by atoms with van der Waals surface area (Å²) in [5, 5.41) is 0. The van der Waals surface area contributed by atoms with E-state index in [4.69, 9.17) is 4.74 Å². The number of rotatable bonds is 5. The van der Waals surface area contributed by atoms with Gasteiger partial charge in [-0.2, -0.15) is 0 Å². The van der Waals surface area contributed by atoms with Gasteiger partial charge in [-0.15, -0.1) is 0 Å². The second-order valence-corrected chi connectivity index (χ2v) is 2.12. The molecule has 0 aromatic carbocycles. The lowest BCUT2D eigenvalue weighted by atomic mass is 10.4. The van der Waals surface area contributed by atoms with Gasteiger partial charge in [0.25, 0.3) is 0 Å². The SMILES string of the molecule is C/C=C/COC/C=C/C(C)=O. The van der Waals surface area contributed by atoms with E-state index in [0.29, 0.717) is 13.2 Å². The Labute approximate surface area is 67.6 Å². The highest BCUT2D eigenvalue weighted by molar-refractivity contribution is 5.87. The van der Waals surface area contributed by atoms with Crippen LogP contribution in [0, 0.1) is 0 Å². The Morgan fingerprint density at radius 2 is 2.00 bits per heavy atom. The number of carbonyl (C=O) groups is 1. The molecule has 0 saturated heterocycles. The zero-order valence-corrected chi connectivity index (χ0v) is 7.04. The highest BCUT2D eigenvalue weighted by Gasteiger charge is 1.81. The van der Waals surface area contributed by atoms with Crippen molar-refractivity contribution >= 4 is 5.78 Å². The van der Waals surface area contributed by atoms with Crippen LogP contribution >= 0.6 is 0 Å². The second-order valence-electron chi connectivity index (χ2n) is 2.12. The third-order valence-corrected chi connectivity index (χ3v) is 1.02. The first-order chi connectivity index (χ1) is 5.27. The fourth-order valence-electron chi connectivity index (χ4n) is 0.514. The highest BCUT2D eigenvalue weighted by atomic mass is 16.5. The summed E-state index contributed by atoms with van der Waals surface area (Å²) >= 11 is 0. The van der Waals surface area contributed by atoms with Crippen molar-refractivity contribution in [3.63, 3.8) is 0 Å². The Hall–Kier alpha value is -0.890. The fraction of sp³-hybridized carbons (Fsp3) is 0.444. The van der Waals surface area contributed by atoms with Crippen LogP contribution in [0.5, 0.6) is 0 Å². The number of ether oxygens (including phenoxy) is 1. The van der Waals surface area contributed by atoms with Crippen molar-refractivity contribution in [2.75, 3.05) is 13.2 Å². The van der Waals surface area contributed by atoms with Crippen molar-refractivity contribution in [2.45, 2.75) is 13.8 Å². The summed E-state index contributed by atoms with van der Waals surface area (Å²) < 4.78 is 5.10. The van der Waals surface area contributed by atoms with E-state index in [2.05, 4.69) is 0 Å². The molecule has 0 aliphatic rings. The largest absolute Gasteiger partial charge is 0.373 e. The van der Waals surface area contributed by atoms with Crippen molar-refractivity contribution in [1.29, 1.82) is 0 Å². The molecule has 0 saturated carbocycles. The molecule has 0 bridgehead atoms. The number of ketones is 1. The monoisotopic (exact) mass is 154 g/mol. The summed E-state index contributed by atoms with van der Waals surface area (Å²) in [7, 11) is 0. The maximum atomic E-state index is 10.4. The number of allylic oxidation sites excluding steroid dienone is 2. The van der Waals surface area contributed by atoms with Gasteiger partial charge in [0.05, 0.1) is 13.2 Å². The van der Waals surface area contributed by atoms with Crippen molar-refractivity contribution in [3.05, 3.63) is 24.3 Å². The van der Waals surface area contributed by atoms with Gasteiger partial charge in [0.15, 0.2) is 5.78 Å². The molecule has 0 atom stereocenters. The van der Waals surface area contributed by atoms with Crippen molar-refractivity contribution in [3.8, 4) is 0 Å². The molecule has 0 amide bonds. The minimum atomic E-state index is 0.0552. The van der Waals surface area contributed by atoms with Crippen LogP contribution in [0.1, 0.15) is 13.8 Å². The van der Waals surface area contributed by atoms with Crippen molar-refractivity contribution in [2.24, 2.45) is 0 Å². The molecule has 0 heterocycles. The molecule has 0 unspecified atom stereocenters. The second kappa shape index (κ2) is 7.22. The molecule has 62 valence electrons. The minimum absolute atomic E-state index is 0.0552. The Morgan fingerprint density at radius 3 is 2.55 bits per heavy atom. The van der Waals surface area contributed by atoms with Gasteiger partial charge < -0.3 is 4.74 Å². The molecule has 0 aromatic heterocycles. The van der Waals surface area contributed by atoms with Crippen molar-refractivity contribution < 1.29 is 9.53 Å². The molecular formula is C9H14O2. The van der Waals surface area contributed by atoms with E-state index >= 15 is 0 Å². The lowest BCUT2D eigenvalue weighted by molar-refractivity contribution is -0.112. The number of hydrogen-bond donors (Lipinski definition) is 0. The first-order valence-corrected chi connectivity index (χ1v) is 3.63. The summed E-state index contributed by atoms with van der Waals surface area (Å²) in [4.78, 5) is 10.4. The van der Waals surface area contributed by atoms with Crippen LogP contribution in [-0.2, 0) is 9.53 Å². The van der Waals surface area contributed by atoms with E-state index in [-0.39, 0.29) is 5.78 Å². The third-order valence-electron chi connectivity index (χ3n) is 1.02. The Morgan fingerprint density at radius 1 is 1.36 bits per heavy atom. The maximum Gasteiger partial charge on any atom is 0.152 e. The quantitative estimate of drug-likeness (QED) is 0.342. The van der Waals surface area contributed by atoms with Crippen LogP contribution in [-0.4, -0.2) is 19.0 Å². The zero-order chi connectivity index (χ0) is 8.53. The van der Waals surface area contributed by atoms with Crippen LogP contribution in [0.3, 0.4) is 0 Å². The van der Waals surface area contributed by atoms with Gasteiger partial charge >= 0.3 is 0 Å². The first kappa shape index (κ1) is 10.1. The molecule has 0 fully saturated rings. The fourth-order valence-corrected chi connectivity index (χ4v) is 0.514. The third kappa shape index (κ3) is 9.11. The van der Waals surface area contributed by atoms with E-state index in [9.17, 15) is 4.79 Å². The first-order valence-electron chi connectivity index (χ1n) is 3.63. The van der Waals surface area contributed by atoms with Gasteiger partial charge in [0.2, 0.25) is 0 Å². The Kier molecular flexibility index (Phi) is 6.64. The van der Waals surface area contributed by atoms with E-state index in [1.165, 1.54) is 13.0 Å². The van der Waals surface area contributed by atoms with Crippen LogP contribution in [0.15, 0.2) is 24.3 Å². The van der Waals surface area contributed by atoms with Gasteiger partial charge in [-0.1, -0.05) is 18.2 Å². The van der Waals surface area contributed by atoms with Gasteiger partial charge in [-0.3, -0.25) is 4.79 Å². The summed E-state index contributed by atoms with van der Waals surface area (Å²) in [6.45, 7) is 4.57. The average molecular weight is 154 g/mol. The van der Waals surface area contributed by atoms with E-state index in [1.54, 1.807) is 6.08 Å². The molecule has 0 aliphatic carbocycles. The number of carbonyl (C=O) groups excluding carboxylic acids is 1. The molecule has 11 heavy (non-hydrogen) atoms. The van der Waals surface area contributed by atoms with Crippen molar-refractivity contribution in [1.82, 2.24) is 0 Å². The molecule has 0 radical (unpaired) electrons. The topological polar surface area (TPSA) is 26.3 Å². The van der Waals surface area contributed by atoms with Crippen LogP contribution in [0.25, 0.3) is 0 Å². The van der Waals surface area contributed by atoms with Crippen LogP contribution in [0.4, 0.5) is 0 Å². The minimum Gasteiger partial charge on any atom is -0.373 e. The molecular weight excluding hydrogens is 140 g/mol. The van der Waals surface area contributed by atoms with Gasteiger partial charge in [-0.05, 0) is 19.9 Å². The molecule has 0 aliphatic heterocycles. The number of hydrogen-bond acceptors (Lipinski definition) is 2. The lowest BCUT2D eigenvalue weighted by Gasteiger charge is -1.92. The van der Waals surface area contributed by atoms with Crippen LogP contribution in [0.2, 0.25) is 0 Å². The highest BCUT2D eigenvalue weighted by Crippen LogP contribution is 1.80. The normalized spacial score (nSPS) is 11.5. The standard InChI is InChI=1S/C9H14O2/c1-3-4-7-11-8-5-6-9(2)10/h3-6H,7-8H2,1-2H3/b4-3+,6-5+. The van der Waals surface area contributed by atoms with E-state index in [0.717, 1.165) is 0 Å². The summed E-state index contributed by atoms with van der Waals surface area (Å²) in [6.07, 6.45) is 7.07. The molecule has 2 heteroatoms. The summed E-state index contributed by atoms with van der Waals surface area (Å²) in [5.41, 5.74) is 0. The van der Waals surface area contributed by atoms with E-state index in [1.807, 2.05) is 19.1 Å². The predicted octanol–water partition coefficient (Wildman–Crippen LogP) is 1.72. The molecule has 0 N–H and O–H groups in total. The zero-order valence-electron chi connectivity index (χ0n) is 7.04. The molecule has 0 spiro atoms. The van der Waals surface area contributed by atoms with Gasteiger partial charge in [0, 0.05) is 0 Å². The average Bonchev–Trinajstić information content (AvgIpc) is 1.96. The summed E-state index contributed by atoms with van der Waals surface area (Å²) in [5.74, 6) is 0.0552. The van der Waals surface area contributed by atoms with Gasteiger partial charge in [-0.25, -0.2) is 0 Å². The molecule has 2 nitrogen and oxygen atoms in total. The lowest BCUT2D eigenvalue weighted by Crippen LogP contribution is -1.91. The smallest absolute Gasteiger partial charge is 0.152 e. The molecule has 0 rings (SSSR count).